The lowest BCUT2D eigenvalue weighted by atomic mass is 9.85. The van der Waals surface area contributed by atoms with Crippen LogP contribution in [-0.2, 0) is 0 Å². The third kappa shape index (κ3) is 7.05. The number of pyridine rings is 1. The average molecular weight is 752 g/mol. The maximum Gasteiger partial charge on any atom is 0.0715 e. The molecule has 0 unspecified atom stereocenters. The zero-order chi connectivity index (χ0) is 39.7. The zero-order valence-corrected chi connectivity index (χ0v) is 32.9. The van der Waals surface area contributed by atoms with Crippen molar-refractivity contribution >= 4 is 43.5 Å². The van der Waals surface area contributed by atoms with Gasteiger partial charge in [-0.3, -0.25) is 0 Å². The second-order valence-electron chi connectivity index (χ2n) is 15.3. The second-order valence-corrected chi connectivity index (χ2v) is 15.3. The Morgan fingerprint density at radius 2 is 0.915 bits per heavy atom. The first-order chi connectivity index (χ1) is 29.1. The van der Waals surface area contributed by atoms with E-state index < -0.39 is 0 Å². The van der Waals surface area contributed by atoms with E-state index in [-0.39, 0.29) is 0 Å². The van der Waals surface area contributed by atoms with Crippen LogP contribution in [0.3, 0.4) is 0 Å². The molecule has 1 heteroatoms. The molecule has 0 aliphatic rings. The van der Waals surface area contributed by atoms with Gasteiger partial charge in [0.15, 0.2) is 0 Å². The first-order valence-corrected chi connectivity index (χ1v) is 20.2. The summed E-state index contributed by atoms with van der Waals surface area (Å²) in [6.45, 7) is 6.95. The highest BCUT2D eigenvalue weighted by atomic mass is 14.7. The van der Waals surface area contributed by atoms with Gasteiger partial charge in [0.2, 0.25) is 0 Å². The highest BCUT2D eigenvalue weighted by Crippen LogP contribution is 2.40. The van der Waals surface area contributed by atoms with Gasteiger partial charge in [-0.25, -0.2) is 4.98 Å². The van der Waals surface area contributed by atoms with E-state index in [4.69, 9.17) is 4.98 Å². The van der Waals surface area contributed by atoms with E-state index >= 15 is 0 Å². The normalized spacial score (nSPS) is 11.6. The number of hydrogen-bond donors (Lipinski definition) is 0. The summed E-state index contributed by atoms with van der Waals surface area (Å²) < 4.78 is 0. The Kier molecular flexibility index (Phi) is 9.33. The highest BCUT2D eigenvalue weighted by molar-refractivity contribution is 6.05. The number of allylic oxidation sites excluding steroid dienone is 2. The predicted octanol–water partition coefficient (Wildman–Crippen LogP) is 15.7. The van der Waals surface area contributed by atoms with Crippen molar-refractivity contribution in [1.29, 1.82) is 0 Å². The van der Waals surface area contributed by atoms with Gasteiger partial charge in [-0.05, 0) is 131 Å². The molecule has 1 aromatic heterocycles. The van der Waals surface area contributed by atoms with Gasteiger partial charge in [0.25, 0.3) is 0 Å². The lowest BCUT2D eigenvalue weighted by molar-refractivity contribution is 1.32. The minimum Gasteiger partial charge on any atom is -0.248 e. The summed E-state index contributed by atoms with van der Waals surface area (Å²) in [5.74, 6) is 0. The molecule has 1 heterocycles. The average Bonchev–Trinajstić information content (AvgIpc) is 3.31. The smallest absolute Gasteiger partial charge is 0.0715 e. The fourth-order valence-electron chi connectivity index (χ4n) is 8.41. The van der Waals surface area contributed by atoms with E-state index in [1.807, 2.05) is 12.1 Å². The number of nitrogens with zero attached hydrogens (tertiary/aromatic N) is 1. The lowest BCUT2D eigenvalue weighted by Crippen LogP contribution is -1.97. The molecule has 59 heavy (non-hydrogen) atoms. The van der Waals surface area contributed by atoms with Crippen molar-refractivity contribution in [2.45, 2.75) is 6.92 Å². The largest absolute Gasteiger partial charge is 0.248 e. The monoisotopic (exact) mass is 751 g/mol. The molecule has 0 fully saturated rings. The van der Waals surface area contributed by atoms with Crippen molar-refractivity contribution in [2.75, 3.05) is 0 Å². The Bertz CT molecular complexity index is 3150. The number of aromatic nitrogens is 1. The fraction of sp³-hybridized carbons (Fsp3) is 0.0172. The third-order valence-electron chi connectivity index (χ3n) is 11.6. The van der Waals surface area contributed by atoms with Crippen LogP contribution in [0.1, 0.15) is 22.3 Å². The number of hydrogen-bond acceptors (Lipinski definition) is 1. The topological polar surface area (TPSA) is 12.9 Å². The first kappa shape index (κ1) is 35.8. The Balaban J connectivity index is 1.14. The molecule has 9 aromatic carbocycles. The van der Waals surface area contributed by atoms with Gasteiger partial charge in [0, 0.05) is 11.1 Å². The van der Waals surface area contributed by atoms with Crippen LogP contribution >= 0.6 is 0 Å². The fourth-order valence-corrected chi connectivity index (χ4v) is 8.41. The van der Waals surface area contributed by atoms with Crippen LogP contribution in [-0.4, -0.2) is 4.98 Å². The molecule has 0 atom stereocenters. The number of fused-ring (bicyclic) bond motifs is 3. The van der Waals surface area contributed by atoms with Gasteiger partial charge >= 0.3 is 0 Å². The Morgan fingerprint density at radius 3 is 1.56 bits per heavy atom. The van der Waals surface area contributed by atoms with Gasteiger partial charge < -0.3 is 0 Å². The van der Waals surface area contributed by atoms with E-state index in [2.05, 4.69) is 220 Å². The molecule has 1 nitrogen and oxygen atoms in total. The summed E-state index contributed by atoms with van der Waals surface area (Å²) >= 11 is 0. The van der Waals surface area contributed by atoms with E-state index in [0.717, 1.165) is 55.9 Å². The minimum atomic E-state index is 0.950. The molecule has 0 aliphatic heterocycles. The molecule has 0 amide bonds. The van der Waals surface area contributed by atoms with Crippen LogP contribution in [0.25, 0.3) is 88.2 Å². The molecule has 0 bridgehead atoms. The van der Waals surface area contributed by atoms with Crippen molar-refractivity contribution in [2.24, 2.45) is 0 Å². The van der Waals surface area contributed by atoms with E-state index in [0.29, 0.717) is 0 Å². The van der Waals surface area contributed by atoms with Crippen LogP contribution < -0.4 is 0 Å². The molecule has 0 spiro atoms. The highest BCUT2D eigenvalue weighted by Gasteiger charge is 2.17. The summed E-state index contributed by atoms with van der Waals surface area (Å²) in [5.41, 5.74) is 15.5. The van der Waals surface area contributed by atoms with E-state index in [1.54, 1.807) is 0 Å². The number of benzene rings is 9. The number of aryl methyl sites for hydroxylation is 1. The van der Waals surface area contributed by atoms with Crippen LogP contribution in [0.5, 0.6) is 0 Å². The Hall–Kier alpha value is -7.61. The van der Waals surface area contributed by atoms with Crippen molar-refractivity contribution in [3.63, 3.8) is 0 Å². The van der Waals surface area contributed by atoms with E-state index in [1.165, 1.54) is 54.6 Å². The van der Waals surface area contributed by atoms with Gasteiger partial charge in [-0.1, -0.05) is 189 Å². The lowest BCUT2D eigenvalue weighted by Gasteiger charge is -2.19. The summed E-state index contributed by atoms with van der Waals surface area (Å²) in [6, 6.07) is 76.1. The van der Waals surface area contributed by atoms with Crippen LogP contribution in [0, 0.1) is 6.92 Å². The van der Waals surface area contributed by atoms with Crippen molar-refractivity contribution in [3.8, 4) is 44.8 Å². The second kappa shape index (κ2) is 15.4. The van der Waals surface area contributed by atoms with Gasteiger partial charge in [-0.2, -0.15) is 0 Å². The standard InChI is InChI=1S/C58H41N/c1-39(47-31-27-41-15-9-11-21-48(41)34-47)33-55(54-38-56(53-24-14-13-23-52(53)40(54)2)50-32-28-42-16-10-12-22-49(42)35-50)44-29-25-43(26-30-44)51-36-57(45-17-5-3-6-18-45)59-58(37-51)46-19-7-4-8-20-46/h3-38H,1H2,2H3/b55-33-. The third-order valence-corrected chi connectivity index (χ3v) is 11.6. The van der Waals surface area contributed by atoms with Crippen LogP contribution in [0.4, 0.5) is 0 Å². The van der Waals surface area contributed by atoms with Crippen molar-refractivity contribution in [3.05, 3.63) is 247 Å². The predicted molar refractivity (Wildman–Crippen MR) is 252 cm³/mol. The molecular weight excluding hydrogens is 711 g/mol. The Labute approximate surface area is 345 Å². The minimum absolute atomic E-state index is 0.950. The summed E-state index contributed by atoms with van der Waals surface area (Å²) in [4.78, 5) is 5.13. The quantitative estimate of drug-likeness (QED) is 0.141. The molecule has 10 aromatic rings. The Morgan fingerprint density at radius 1 is 0.407 bits per heavy atom. The van der Waals surface area contributed by atoms with Crippen LogP contribution in [0.2, 0.25) is 0 Å². The summed E-state index contributed by atoms with van der Waals surface area (Å²) in [6.07, 6.45) is 2.29. The molecule has 10 rings (SSSR count). The molecule has 0 N–H and O–H groups in total. The first-order valence-electron chi connectivity index (χ1n) is 20.2. The number of rotatable bonds is 8. The van der Waals surface area contributed by atoms with Gasteiger partial charge in [0.1, 0.15) is 0 Å². The SMILES string of the molecule is C=C(/C=C(/c1ccc(-c2cc(-c3ccccc3)nc(-c3ccccc3)c2)cc1)c1cc(-c2ccc3ccccc3c2)c2ccccc2c1C)c1ccc2ccccc2c1. The van der Waals surface area contributed by atoms with Gasteiger partial charge in [0.05, 0.1) is 11.4 Å². The molecule has 0 saturated heterocycles. The zero-order valence-electron chi connectivity index (χ0n) is 32.9. The molecule has 0 aliphatic carbocycles. The molecule has 0 saturated carbocycles. The molecule has 0 radical (unpaired) electrons. The summed E-state index contributed by atoms with van der Waals surface area (Å²) in [7, 11) is 0. The van der Waals surface area contributed by atoms with Crippen LogP contribution in [0.15, 0.2) is 225 Å². The van der Waals surface area contributed by atoms with Crippen molar-refractivity contribution in [1.82, 2.24) is 4.98 Å². The molecular formula is C58H41N. The maximum absolute atomic E-state index is 5.13. The van der Waals surface area contributed by atoms with E-state index in [9.17, 15) is 0 Å². The summed E-state index contributed by atoms with van der Waals surface area (Å²) in [5, 5.41) is 7.37. The van der Waals surface area contributed by atoms with Crippen molar-refractivity contribution < 1.29 is 0 Å². The maximum atomic E-state index is 5.13. The van der Waals surface area contributed by atoms with Gasteiger partial charge in [-0.15, -0.1) is 0 Å². The molecule has 278 valence electrons.